The molecule has 2 heterocycles. The summed E-state index contributed by atoms with van der Waals surface area (Å²) >= 11 is 0. The Morgan fingerprint density at radius 2 is 1.75 bits per heavy atom. The first-order valence-corrected chi connectivity index (χ1v) is 4.97. The van der Waals surface area contributed by atoms with Crippen LogP contribution in [0.25, 0.3) is 22.7 Å². The van der Waals surface area contributed by atoms with E-state index in [0.717, 1.165) is 16.8 Å². The lowest BCUT2D eigenvalue weighted by Gasteiger charge is -1.92. The number of nitrogens with zero attached hydrogens (tertiary/aromatic N) is 1. The van der Waals surface area contributed by atoms with E-state index >= 15 is 0 Å². The molecule has 0 saturated carbocycles. The fraction of sp³-hybridized carbons (Fsp3) is 0. The molecule has 78 valence electrons. The Kier molecular flexibility index (Phi) is 2.07. The van der Waals surface area contributed by atoms with E-state index in [2.05, 4.69) is 4.98 Å². The van der Waals surface area contributed by atoms with Gasteiger partial charge in [-0.25, -0.2) is 4.98 Å². The van der Waals surface area contributed by atoms with Gasteiger partial charge >= 0.3 is 0 Å². The molecule has 3 aromatic rings. The van der Waals surface area contributed by atoms with E-state index in [1.807, 2.05) is 36.4 Å². The highest BCUT2D eigenvalue weighted by Gasteiger charge is 2.08. The van der Waals surface area contributed by atoms with Crippen molar-refractivity contribution in [3.8, 4) is 22.7 Å². The van der Waals surface area contributed by atoms with E-state index in [-0.39, 0.29) is 0 Å². The molecular weight excluding hydrogens is 202 g/mol. The monoisotopic (exact) mass is 211 g/mol. The molecule has 3 nitrogen and oxygen atoms in total. The van der Waals surface area contributed by atoms with Gasteiger partial charge in [0.2, 0.25) is 5.89 Å². The number of benzene rings is 1. The number of hydrogen-bond donors (Lipinski definition) is 0. The van der Waals surface area contributed by atoms with Crippen molar-refractivity contribution in [1.82, 2.24) is 4.98 Å². The van der Waals surface area contributed by atoms with Gasteiger partial charge in [-0.1, -0.05) is 30.3 Å². The van der Waals surface area contributed by atoms with Crippen molar-refractivity contribution < 1.29 is 8.83 Å². The summed E-state index contributed by atoms with van der Waals surface area (Å²) in [6, 6.07) is 11.7. The van der Waals surface area contributed by atoms with Gasteiger partial charge in [0.25, 0.3) is 0 Å². The number of aromatic nitrogens is 1. The third-order valence-corrected chi connectivity index (χ3v) is 2.34. The summed E-state index contributed by atoms with van der Waals surface area (Å²) in [6.07, 6.45) is 4.86. The molecule has 3 heteroatoms. The first-order chi connectivity index (χ1) is 7.93. The highest BCUT2D eigenvalue weighted by molar-refractivity contribution is 5.61. The summed E-state index contributed by atoms with van der Waals surface area (Å²) in [5, 5.41) is 0. The van der Waals surface area contributed by atoms with Crippen LogP contribution < -0.4 is 0 Å². The maximum atomic E-state index is 5.39. The number of hydrogen-bond acceptors (Lipinski definition) is 3. The Hall–Kier alpha value is -2.29. The van der Waals surface area contributed by atoms with Gasteiger partial charge in [0.05, 0.1) is 11.8 Å². The molecule has 0 fully saturated rings. The zero-order valence-electron chi connectivity index (χ0n) is 8.46. The highest BCUT2D eigenvalue weighted by atomic mass is 16.3. The Morgan fingerprint density at radius 3 is 2.50 bits per heavy atom. The first-order valence-electron chi connectivity index (χ1n) is 4.97. The van der Waals surface area contributed by atoms with Crippen LogP contribution in [0.3, 0.4) is 0 Å². The largest absolute Gasteiger partial charge is 0.472 e. The van der Waals surface area contributed by atoms with Crippen molar-refractivity contribution in [3.05, 3.63) is 55.2 Å². The minimum atomic E-state index is 0.576. The summed E-state index contributed by atoms with van der Waals surface area (Å²) in [7, 11) is 0. The fourth-order valence-corrected chi connectivity index (χ4v) is 1.53. The molecule has 0 radical (unpaired) electrons. The lowest BCUT2D eigenvalue weighted by molar-refractivity contribution is 0.557. The van der Waals surface area contributed by atoms with Crippen LogP contribution in [0.4, 0.5) is 0 Å². The molecule has 3 rings (SSSR count). The zero-order valence-corrected chi connectivity index (χ0v) is 8.46. The summed E-state index contributed by atoms with van der Waals surface area (Å²) in [4.78, 5) is 4.40. The van der Waals surface area contributed by atoms with Crippen molar-refractivity contribution in [1.29, 1.82) is 0 Å². The van der Waals surface area contributed by atoms with Crippen LogP contribution in [0.1, 0.15) is 0 Å². The standard InChI is InChI=1S/C13H9NO2/c1-2-4-10(5-3-1)12-9-16-13(14-12)11-6-7-15-8-11/h1-9H. The summed E-state index contributed by atoms with van der Waals surface area (Å²) < 4.78 is 10.4. The molecule has 0 bridgehead atoms. The van der Waals surface area contributed by atoms with Gasteiger partial charge in [-0.05, 0) is 6.07 Å². The van der Waals surface area contributed by atoms with Crippen LogP contribution in [-0.4, -0.2) is 4.98 Å². The van der Waals surface area contributed by atoms with Crippen molar-refractivity contribution in [3.63, 3.8) is 0 Å². The van der Waals surface area contributed by atoms with Gasteiger partial charge in [-0.15, -0.1) is 0 Å². The lowest BCUT2D eigenvalue weighted by atomic mass is 10.2. The van der Waals surface area contributed by atoms with E-state index in [1.54, 1.807) is 18.8 Å². The van der Waals surface area contributed by atoms with Gasteiger partial charge in [0, 0.05) is 5.56 Å². The molecule has 0 unspecified atom stereocenters. The normalized spacial score (nSPS) is 10.5. The van der Waals surface area contributed by atoms with E-state index in [4.69, 9.17) is 8.83 Å². The van der Waals surface area contributed by atoms with E-state index in [9.17, 15) is 0 Å². The molecule has 0 amide bonds. The molecule has 16 heavy (non-hydrogen) atoms. The first kappa shape index (κ1) is 8.97. The third-order valence-electron chi connectivity index (χ3n) is 2.34. The van der Waals surface area contributed by atoms with Gasteiger partial charge < -0.3 is 8.83 Å². The van der Waals surface area contributed by atoms with E-state index in [1.165, 1.54) is 0 Å². The average molecular weight is 211 g/mol. The summed E-state index contributed by atoms with van der Waals surface area (Å²) in [5.74, 6) is 0.576. The minimum absolute atomic E-state index is 0.576. The van der Waals surface area contributed by atoms with Gasteiger partial charge in [0.15, 0.2) is 0 Å². The third kappa shape index (κ3) is 1.52. The quantitative estimate of drug-likeness (QED) is 0.650. The number of oxazole rings is 1. The Balaban J connectivity index is 2.00. The highest BCUT2D eigenvalue weighted by Crippen LogP contribution is 2.24. The molecule has 0 saturated heterocycles. The molecule has 0 aliphatic carbocycles. The van der Waals surface area contributed by atoms with Crippen LogP contribution in [-0.2, 0) is 0 Å². The van der Waals surface area contributed by atoms with E-state index in [0.29, 0.717) is 5.89 Å². The second kappa shape index (κ2) is 3.70. The number of rotatable bonds is 2. The molecule has 0 spiro atoms. The topological polar surface area (TPSA) is 39.2 Å². The molecule has 0 N–H and O–H groups in total. The smallest absolute Gasteiger partial charge is 0.229 e. The van der Waals surface area contributed by atoms with Crippen LogP contribution in [0.15, 0.2) is 64.0 Å². The Morgan fingerprint density at radius 1 is 0.875 bits per heavy atom. The molecule has 2 aromatic heterocycles. The van der Waals surface area contributed by atoms with Crippen molar-refractivity contribution in [2.45, 2.75) is 0 Å². The van der Waals surface area contributed by atoms with Gasteiger partial charge in [0.1, 0.15) is 18.2 Å². The van der Waals surface area contributed by atoms with Crippen molar-refractivity contribution in [2.24, 2.45) is 0 Å². The summed E-state index contributed by atoms with van der Waals surface area (Å²) in [5.41, 5.74) is 2.72. The fourth-order valence-electron chi connectivity index (χ4n) is 1.53. The van der Waals surface area contributed by atoms with E-state index < -0.39 is 0 Å². The molecule has 0 aliphatic rings. The Bertz CT molecular complexity index is 567. The molecule has 0 atom stereocenters. The van der Waals surface area contributed by atoms with Crippen LogP contribution >= 0.6 is 0 Å². The lowest BCUT2D eigenvalue weighted by Crippen LogP contribution is -1.77. The van der Waals surface area contributed by atoms with Gasteiger partial charge in [-0.3, -0.25) is 0 Å². The van der Waals surface area contributed by atoms with Crippen LogP contribution in [0.2, 0.25) is 0 Å². The second-order valence-electron chi connectivity index (χ2n) is 3.42. The van der Waals surface area contributed by atoms with Crippen molar-refractivity contribution in [2.75, 3.05) is 0 Å². The Labute approximate surface area is 92.4 Å². The van der Waals surface area contributed by atoms with Gasteiger partial charge in [-0.2, -0.15) is 0 Å². The van der Waals surface area contributed by atoms with Crippen molar-refractivity contribution >= 4 is 0 Å². The second-order valence-corrected chi connectivity index (χ2v) is 3.42. The maximum absolute atomic E-state index is 5.39. The number of furan rings is 1. The predicted molar refractivity (Wildman–Crippen MR) is 59.6 cm³/mol. The SMILES string of the molecule is c1ccc(-c2coc(-c3ccoc3)n2)cc1. The molecule has 0 aliphatic heterocycles. The summed E-state index contributed by atoms with van der Waals surface area (Å²) in [6.45, 7) is 0. The maximum Gasteiger partial charge on any atom is 0.229 e. The van der Waals surface area contributed by atoms with Crippen LogP contribution in [0.5, 0.6) is 0 Å². The predicted octanol–water partition coefficient (Wildman–Crippen LogP) is 3.60. The average Bonchev–Trinajstić information content (AvgIpc) is 3.01. The van der Waals surface area contributed by atoms with Crippen LogP contribution in [0, 0.1) is 0 Å². The minimum Gasteiger partial charge on any atom is -0.472 e. The zero-order chi connectivity index (χ0) is 10.8. The molecule has 1 aromatic carbocycles. The molecular formula is C13H9NO2.